The summed E-state index contributed by atoms with van der Waals surface area (Å²) < 4.78 is 29.7. The lowest BCUT2D eigenvalue weighted by Crippen LogP contribution is -2.46. The predicted octanol–water partition coefficient (Wildman–Crippen LogP) is 5.22. The summed E-state index contributed by atoms with van der Waals surface area (Å²) in [6.07, 6.45) is 0. The monoisotopic (exact) mass is 462 g/mol. The average Bonchev–Trinajstić information content (AvgIpc) is 3.03. The van der Waals surface area contributed by atoms with Gasteiger partial charge in [-0.15, -0.1) is 0 Å². The minimum Gasteiger partial charge on any atom is -0.325 e. The molecular formula is C27H30N2O3S. The molecule has 4 rings (SSSR count). The van der Waals surface area contributed by atoms with Crippen LogP contribution in [0.3, 0.4) is 0 Å². The van der Waals surface area contributed by atoms with E-state index in [1.54, 1.807) is 31.2 Å². The van der Waals surface area contributed by atoms with E-state index in [9.17, 15) is 13.2 Å². The van der Waals surface area contributed by atoms with Crippen molar-refractivity contribution in [1.29, 1.82) is 0 Å². The molecule has 1 aliphatic rings. The third-order valence-electron chi connectivity index (χ3n) is 6.50. The molecule has 5 nitrogen and oxygen atoms in total. The zero-order valence-electron chi connectivity index (χ0n) is 19.6. The summed E-state index contributed by atoms with van der Waals surface area (Å²) in [6.45, 7) is 10.1. The first-order chi connectivity index (χ1) is 15.4. The summed E-state index contributed by atoms with van der Waals surface area (Å²) in [5.74, 6) is -0.236. The molecule has 0 bridgehead atoms. The van der Waals surface area contributed by atoms with Crippen molar-refractivity contribution in [2.75, 3.05) is 5.32 Å². The Morgan fingerprint density at radius 3 is 2.12 bits per heavy atom. The number of carbonyl (C=O) groups excluding carboxylic acids is 1. The summed E-state index contributed by atoms with van der Waals surface area (Å²) >= 11 is 0. The van der Waals surface area contributed by atoms with Gasteiger partial charge < -0.3 is 5.32 Å². The summed E-state index contributed by atoms with van der Waals surface area (Å²) in [5, 5.41) is 2.93. The highest BCUT2D eigenvalue weighted by molar-refractivity contribution is 7.89. The molecule has 0 spiro atoms. The maximum atomic E-state index is 13.4. The zero-order valence-corrected chi connectivity index (χ0v) is 20.5. The Morgan fingerprint density at radius 2 is 1.52 bits per heavy atom. The van der Waals surface area contributed by atoms with Crippen molar-refractivity contribution in [3.05, 3.63) is 95.1 Å². The van der Waals surface area contributed by atoms with Gasteiger partial charge in [-0.1, -0.05) is 80.9 Å². The van der Waals surface area contributed by atoms with Crippen molar-refractivity contribution in [2.45, 2.75) is 56.4 Å². The molecule has 0 saturated carbocycles. The van der Waals surface area contributed by atoms with Crippen LogP contribution in [-0.4, -0.2) is 14.3 Å². The van der Waals surface area contributed by atoms with E-state index in [1.807, 2.05) is 55.5 Å². The quantitative estimate of drug-likeness (QED) is 0.546. The maximum absolute atomic E-state index is 13.4. The number of hydrogen-bond donors (Lipinski definition) is 2. The molecule has 0 radical (unpaired) electrons. The minimum absolute atomic E-state index is 0.0450. The van der Waals surface area contributed by atoms with E-state index in [0.717, 1.165) is 22.3 Å². The van der Waals surface area contributed by atoms with E-state index in [4.69, 9.17) is 0 Å². The Morgan fingerprint density at radius 1 is 0.909 bits per heavy atom. The highest BCUT2D eigenvalue weighted by Gasteiger charge is 2.50. The Labute approximate surface area is 196 Å². The van der Waals surface area contributed by atoms with Crippen LogP contribution in [0, 0.1) is 6.92 Å². The van der Waals surface area contributed by atoms with Crippen molar-refractivity contribution >= 4 is 21.6 Å². The summed E-state index contributed by atoms with van der Waals surface area (Å²) in [6, 6.07) is 21.2. The van der Waals surface area contributed by atoms with Crippen LogP contribution < -0.4 is 10.0 Å². The molecule has 1 amide bonds. The highest BCUT2D eigenvalue weighted by atomic mass is 32.2. The third kappa shape index (κ3) is 4.21. The second kappa shape index (κ2) is 8.12. The fraction of sp³-hybridized carbons (Fsp3) is 0.296. The average molecular weight is 463 g/mol. The van der Waals surface area contributed by atoms with Crippen LogP contribution in [0.2, 0.25) is 0 Å². The van der Waals surface area contributed by atoms with Gasteiger partial charge in [0.05, 0.1) is 16.4 Å². The fourth-order valence-corrected chi connectivity index (χ4v) is 5.65. The number of fused-ring (bicyclic) bond motifs is 1. The summed E-state index contributed by atoms with van der Waals surface area (Å²) in [7, 11) is -3.89. The normalized spacial score (nSPS) is 19.1. The minimum atomic E-state index is -3.89. The van der Waals surface area contributed by atoms with Gasteiger partial charge in [-0.05, 0) is 54.2 Å². The van der Waals surface area contributed by atoms with E-state index >= 15 is 0 Å². The van der Waals surface area contributed by atoms with E-state index in [0.29, 0.717) is 5.69 Å². The number of nitrogens with one attached hydrogen (secondary N) is 2. The Bertz CT molecular complexity index is 1290. The molecule has 1 aliphatic heterocycles. The number of anilines is 1. The van der Waals surface area contributed by atoms with Crippen LogP contribution in [-0.2, 0) is 25.6 Å². The second-order valence-corrected chi connectivity index (χ2v) is 11.7. The van der Waals surface area contributed by atoms with Crippen LogP contribution in [0.4, 0.5) is 5.69 Å². The molecule has 2 atom stereocenters. The van der Waals surface area contributed by atoms with Gasteiger partial charge in [-0.2, -0.15) is 0 Å². The molecule has 172 valence electrons. The maximum Gasteiger partial charge on any atom is 0.241 e. The Kier molecular flexibility index (Phi) is 5.71. The number of carbonyl (C=O) groups is 1. The molecular weight excluding hydrogens is 432 g/mol. The number of rotatable bonds is 5. The molecule has 0 fully saturated rings. The van der Waals surface area contributed by atoms with Gasteiger partial charge in [0.25, 0.3) is 0 Å². The van der Waals surface area contributed by atoms with E-state index in [1.165, 1.54) is 0 Å². The summed E-state index contributed by atoms with van der Waals surface area (Å²) in [5.41, 5.74) is 3.14. The van der Waals surface area contributed by atoms with Crippen LogP contribution >= 0.6 is 0 Å². The van der Waals surface area contributed by atoms with Crippen molar-refractivity contribution in [2.24, 2.45) is 0 Å². The number of aryl methyl sites for hydroxylation is 1. The molecule has 1 heterocycles. The van der Waals surface area contributed by atoms with Crippen molar-refractivity contribution in [3.8, 4) is 0 Å². The highest BCUT2D eigenvalue weighted by Crippen LogP contribution is 2.46. The number of sulfonamides is 1. The number of benzene rings is 3. The van der Waals surface area contributed by atoms with Gasteiger partial charge in [-0.25, -0.2) is 13.1 Å². The van der Waals surface area contributed by atoms with Crippen LogP contribution in [0.1, 0.15) is 56.0 Å². The lowest BCUT2D eigenvalue weighted by molar-refractivity contribution is -0.121. The molecule has 3 aromatic rings. The molecule has 6 heteroatoms. The van der Waals surface area contributed by atoms with Crippen LogP contribution in [0.5, 0.6) is 0 Å². The van der Waals surface area contributed by atoms with Gasteiger partial charge >= 0.3 is 0 Å². The van der Waals surface area contributed by atoms with E-state index in [-0.39, 0.29) is 16.2 Å². The van der Waals surface area contributed by atoms with Crippen LogP contribution in [0.25, 0.3) is 0 Å². The molecule has 0 unspecified atom stereocenters. The SMILES string of the molecule is Cc1ccc(S(=O)(=O)N[C@H](c2ccc(C(C)(C)C)cc2)[C@]2(C)C(=O)Nc3ccccc32)cc1. The molecule has 33 heavy (non-hydrogen) atoms. The number of hydrogen-bond acceptors (Lipinski definition) is 3. The molecule has 0 aliphatic carbocycles. The van der Waals surface area contributed by atoms with Gasteiger partial charge in [0.2, 0.25) is 15.9 Å². The first kappa shape index (κ1) is 23.2. The second-order valence-electron chi connectivity index (χ2n) is 9.94. The first-order valence-corrected chi connectivity index (χ1v) is 12.5. The van der Waals surface area contributed by atoms with Gasteiger partial charge in [0.1, 0.15) is 0 Å². The third-order valence-corrected chi connectivity index (χ3v) is 7.94. The Balaban J connectivity index is 1.85. The van der Waals surface area contributed by atoms with E-state index in [2.05, 4.69) is 30.8 Å². The lowest BCUT2D eigenvalue weighted by atomic mass is 9.74. The predicted molar refractivity (Wildman–Crippen MR) is 132 cm³/mol. The van der Waals surface area contributed by atoms with Crippen molar-refractivity contribution in [3.63, 3.8) is 0 Å². The van der Waals surface area contributed by atoms with Gasteiger partial charge in [0.15, 0.2) is 0 Å². The van der Waals surface area contributed by atoms with Crippen molar-refractivity contribution < 1.29 is 13.2 Å². The molecule has 0 saturated heterocycles. The summed E-state index contributed by atoms with van der Waals surface area (Å²) in [4.78, 5) is 13.5. The van der Waals surface area contributed by atoms with Crippen LogP contribution in [0.15, 0.2) is 77.7 Å². The number of para-hydroxylation sites is 1. The van der Waals surface area contributed by atoms with Gasteiger partial charge in [-0.3, -0.25) is 4.79 Å². The fourth-order valence-electron chi connectivity index (χ4n) is 4.34. The number of amides is 1. The largest absolute Gasteiger partial charge is 0.325 e. The van der Waals surface area contributed by atoms with Gasteiger partial charge in [0, 0.05) is 5.69 Å². The molecule has 0 aromatic heterocycles. The molecule has 3 aromatic carbocycles. The smallest absolute Gasteiger partial charge is 0.241 e. The van der Waals surface area contributed by atoms with E-state index < -0.39 is 21.5 Å². The lowest BCUT2D eigenvalue weighted by Gasteiger charge is -2.34. The topological polar surface area (TPSA) is 75.3 Å². The molecule has 2 N–H and O–H groups in total. The zero-order chi connectivity index (χ0) is 24.0. The standard InChI is InChI=1S/C27H30N2O3S/c1-18-10-16-21(17-11-18)33(31,32)29-24(19-12-14-20(15-13-19)26(2,3)4)27(5)22-8-6-7-9-23(22)28-25(27)30/h6-17,24,29H,1-5H3,(H,28,30)/t24-,27-/m1/s1. The van der Waals surface area contributed by atoms with Crippen molar-refractivity contribution in [1.82, 2.24) is 4.72 Å². The Hall–Kier alpha value is -2.96. The first-order valence-electron chi connectivity index (χ1n) is 11.0.